The highest BCUT2D eigenvalue weighted by Gasteiger charge is 2.41. The van der Waals surface area contributed by atoms with Crippen LogP contribution in [0.4, 0.5) is 0 Å². The standard InChI is InChI=1S/C31H32ClN5O5S2/c1-19-13-25-28(17-33-19)43-30(35-25)31(39)37-12-11-36(18-26(37)29(38)34-16-22-5-3-4-6-27(22)42-2)44(40,41)24-10-8-20-14-23(32)9-7-21(20)15-24/h3-10,14-15,19,26,33H,11-13,16-18H2,1-2H3,(H,34,38). The number of rotatable bonds is 7. The van der Waals surface area contributed by atoms with Gasteiger partial charge in [0.25, 0.3) is 5.91 Å². The lowest BCUT2D eigenvalue weighted by Crippen LogP contribution is -2.61. The molecule has 1 aromatic heterocycles. The summed E-state index contributed by atoms with van der Waals surface area (Å²) in [7, 11) is -2.44. The van der Waals surface area contributed by atoms with E-state index in [0.717, 1.165) is 26.9 Å². The van der Waals surface area contributed by atoms with E-state index in [2.05, 4.69) is 22.5 Å². The van der Waals surface area contributed by atoms with E-state index in [1.54, 1.807) is 43.5 Å². The highest BCUT2D eigenvalue weighted by atomic mass is 35.5. The average Bonchev–Trinajstić information content (AvgIpc) is 3.46. The average molecular weight is 654 g/mol. The number of aromatic nitrogens is 1. The van der Waals surface area contributed by atoms with Crippen molar-refractivity contribution in [3.63, 3.8) is 0 Å². The number of thiazole rings is 1. The highest BCUT2D eigenvalue weighted by molar-refractivity contribution is 7.89. The molecule has 2 N–H and O–H groups in total. The Morgan fingerprint density at radius 1 is 1.11 bits per heavy atom. The van der Waals surface area contributed by atoms with Crippen LogP contribution in [0.25, 0.3) is 10.8 Å². The van der Waals surface area contributed by atoms with E-state index in [9.17, 15) is 18.0 Å². The van der Waals surface area contributed by atoms with Crippen LogP contribution in [-0.4, -0.2) is 73.2 Å². The first kappa shape index (κ1) is 30.5. The summed E-state index contributed by atoms with van der Waals surface area (Å²) in [5.41, 5.74) is 1.65. The molecule has 4 aromatic rings. The molecule has 1 saturated heterocycles. The summed E-state index contributed by atoms with van der Waals surface area (Å²) in [4.78, 5) is 34.8. The fourth-order valence-corrected chi connectivity index (χ4v) is 8.27. The summed E-state index contributed by atoms with van der Waals surface area (Å²) in [6, 6.07) is 16.6. The first-order valence-corrected chi connectivity index (χ1v) is 16.9. The number of carbonyl (C=O) groups is 2. The zero-order valence-corrected chi connectivity index (χ0v) is 26.6. The largest absolute Gasteiger partial charge is 0.496 e. The number of halogens is 1. The summed E-state index contributed by atoms with van der Waals surface area (Å²) < 4.78 is 34.4. The van der Waals surface area contributed by atoms with Crippen molar-refractivity contribution in [2.24, 2.45) is 0 Å². The van der Waals surface area contributed by atoms with Gasteiger partial charge in [-0.15, -0.1) is 11.3 Å². The molecule has 44 heavy (non-hydrogen) atoms. The first-order valence-electron chi connectivity index (χ1n) is 14.3. The number of benzene rings is 3. The van der Waals surface area contributed by atoms with Gasteiger partial charge in [0.15, 0.2) is 5.01 Å². The maximum absolute atomic E-state index is 13.9. The van der Waals surface area contributed by atoms with Crippen LogP contribution >= 0.6 is 22.9 Å². The van der Waals surface area contributed by atoms with Gasteiger partial charge in [-0.3, -0.25) is 9.59 Å². The molecule has 2 amide bonds. The predicted molar refractivity (Wildman–Crippen MR) is 170 cm³/mol. The van der Waals surface area contributed by atoms with Gasteiger partial charge in [-0.05, 0) is 48.0 Å². The van der Waals surface area contributed by atoms with Gasteiger partial charge in [0.1, 0.15) is 11.8 Å². The number of nitrogens with one attached hydrogen (secondary N) is 2. The van der Waals surface area contributed by atoms with Crippen molar-refractivity contribution in [1.82, 2.24) is 24.8 Å². The number of ether oxygens (including phenoxy) is 1. The van der Waals surface area contributed by atoms with Gasteiger partial charge in [0.2, 0.25) is 15.9 Å². The molecule has 13 heteroatoms. The molecule has 2 unspecified atom stereocenters. The molecule has 3 aromatic carbocycles. The SMILES string of the molecule is COc1ccccc1CNC(=O)C1CN(S(=O)(=O)c2ccc3cc(Cl)ccc3c2)CCN1C(=O)c1nc2c(s1)CNC(C)C2. The number of piperazine rings is 1. The Balaban J connectivity index is 1.28. The number of para-hydroxylation sites is 1. The third-order valence-corrected chi connectivity index (χ3v) is 11.2. The van der Waals surface area contributed by atoms with Gasteiger partial charge >= 0.3 is 0 Å². The fourth-order valence-electron chi connectivity index (χ4n) is 5.62. The molecule has 0 radical (unpaired) electrons. The summed E-state index contributed by atoms with van der Waals surface area (Å²) >= 11 is 7.43. The molecular formula is C31H32ClN5O5S2. The predicted octanol–water partition coefficient (Wildman–Crippen LogP) is 3.82. The van der Waals surface area contributed by atoms with Crippen LogP contribution in [0.2, 0.25) is 5.02 Å². The monoisotopic (exact) mass is 653 g/mol. The lowest BCUT2D eigenvalue weighted by Gasteiger charge is -2.39. The Labute approximate surface area is 265 Å². The highest BCUT2D eigenvalue weighted by Crippen LogP contribution is 2.29. The number of sulfonamides is 1. The second-order valence-electron chi connectivity index (χ2n) is 10.9. The Morgan fingerprint density at radius 3 is 2.70 bits per heavy atom. The minimum absolute atomic E-state index is 0.0344. The minimum Gasteiger partial charge on any atom is -0.496 e. The molecule has 10 nitrogen and oxygen atoms in total. The second kappa shape index (κ2) is 12.4. The molecule has 0 aliphatic carbocycles. The summed E-state index contributed by atoms with van der Waals surface area (Å²) in [6.45, 7) is 2.72. The van der Waals surface area contributed by atoms with E-state index in [4.69, 9.17) is 16.3 Å². The van der Waals surface area contributed by atoms with Crippen molar-refractivity contribution >= 4 is 55.5 Å². The van der Waals surface area contributed by atoms with Crippen molar-refractivity contribution in [3.8, 4) is 5.75 Å². The van der Waals surface area contributed by atoms with E-state index in [-0.39, 0.29) is 43.0 Å². The third kappa shape index (κ3) is 6.04. The number of methoxy groups -OCH3 is 1. The third-order valence-electron chi connectivity index (χ3n) is 8.04. The molecule has 3 heterocycles. The Kier molecular flexibility index (Phi) is 8.62. The Morgan fingerprint density at radius 2 is 1.89 bits per heavy atom. The smallest absolute Gasteiger partial charge is 0.283 e. The van der Waals surface area contributed by atoms with Gasteiger partial charge in [-0.2, -0.15) is 4.31 Å². The number of amides is 2. The van der Waals surface area contributed by atoms with Crippen molar-refractivity contribution in [2.75, 3.05) is 26.7 Å². The molecule has 1 fully saturated rings. The number of hydrogen-bond donors (Lipinski definition) is 2. The quantitative estimate of drug-likeness (QED) is 0.311. The molecule has 2 aliphatic rings. The van der Waals surface area contributed by atoms with Gasteiger partial charge in [0, 0.05) is 60.6 Å². The van der Waals surface area contributed by atoms with E-state index in [1.807, 2.05) is 18.2 Å². The van der Waals surface area contributed by atoms with Crippen LogP contribution < -0.4 is 15.4 Å². The number of carbonyl (C=O) groups excluding carboxylic acids is 2. The molecule has 0 saturated carbocycles. The first-order chi connectivity index (χ1) is 21.1. The lowest BCUT2D eigenvalue weighted by molar-refractivity contribution is -0.127. The Bertz CT molecular complexity index is 1850. The summed E-state index contributed by atoms with van der Waals surface area (Å²) in [5, 5.41) is 8.69. The van der Waals surface area contributed by atoms with E-state index < -0.39 is 22.0 Å². The number of hydrogen-bond acceptors (Lipinski definition) is 8. The van der Waals surface area contributed by atoms with Crippen molar-refractivity contribution < 1.29 is 22.7 Å². The van der Waals surface area contributed by atoms with Crippen molar-refractivity contribution in [1.29, 1.82) is 0 Å². The van der Waals surface area contributed by atoms with E-state index >= 15 is 0 Å². The van der Waals surface area contributed by atoms with Crippen LogP contribution in [-0.2, 0) is 34.3 Å². The maximum atomic E-state index is 13.9. The summed E-state index contributed by atoms with van der Waals surface area (Å²) in [6.07, 6.45) is 0.714. The van der Waals surface area contributed by atoms with Crippen LogP contribution in [0.3, 0.4) is 0 Å². The molecule has 0 spiro atoms. The van der Waals surface area contributed by atoms with Gasteiger partial charge in [0.05, 0.1) is 17.7 Å². The van der Waals surface area contributed by atoms with E-state index in [1.165, 1.54) is 26.6 Å². The number of nitrogens with zero attached hydrogens (tertiary/aromatic N) is 3. The lowest BCUT2D eigenvalue weighted by atomic mass is 10.1. The van der Waals surface area contributed by atoms with Crippen molar-refractivity contribution in [3.05, 3.63) is 86.8 Å². The molecule has 2 aliphatic heterocycles. The van der Waals surface area contributed by atoms with Crippen LogP contribution in [0.5, 0.6) is 5.75 Å². The van der Waals surface area contributed by atoms with Gasteiger partial charge in [-0.1, -0.05) is 41.9 Å². The minimum atomic E-state index is -3.99. The van der Waals surface area contributed by atoms with Gasteiger partial charge < -0.3 is 20.3 Å². The zero-order valence-electron chi connectivity index (χ0n) is 24.2. The number of fused-ring (bicyclic) bond motifs is 2. The van der Waals surface area contributed by atoms with E-state index in [0.29, 0.717) is 28.7 Å². The zero-order chi connectivity index (χ0) is 31.0. The molecular weight excluding hydrogens is 622 g/mol. The van der Waals surface area contributed by atoms with Crippen LogP contribution in [0.15, 0.2) is 65.6 Å². The topological polar surface area (TPSA) is 121 Å². The van der Waals surface area contributed by atoms with Crippen molar-refractivity contribution in [2.45, 2.75) is 43.4 Å². The molecule has 230 valence electrons. The van der Waals surface area contributed by atoms with Gasteiger partial charge in [-0.25, -0.2) is 13.4 Å². The van der Waals surface area contributed by atoms with Crippen LogP contribution in [0, 0.1) is 0 Å². The second-order valence-corrected chi connectivity index (χ2v) is 14.4. The normalized spacial score (nSPS) is 19.0. The molecule has 0 bridgehead atoms. The summed E-state index contributed by atoms with van der Waals surface area (Å²) in [5.74, 6) is -0.231. The maximum Gasteiger partial charge on any atom is 0.283 e. The molecule has 6 rings (SSSR count). The Hall–Kier alpha value is -3.55. The fraction of sp³-hybridized carbons (Fsp3) is 0.323. The van der Waals surface area contributed by atoms with Crippen LogP contribution in [0.1, 0.15) is 32.9 Å². The molecule has 2 atom stereocenters.